The van der Waals surface area contributed by atoms with Crippen molar-refractivity contribution in [2.45, 2.75) is 46.5 Å². The molecule has 0 bridgehead atoms. The molecular weight excluding hydrogens is 188 g/mol. The van der Waals surface area contributed by atoms with E-state index in [1.165, 1.54) is 18.4 Å². The smallest absolute Gasteiger partial charge is 0.0957 e. The Kier molecular flexibility index (Phi) is 9.29. The Balaban J connectivity index is 3.85. The molecule has 0 aromatic rings. The number of ether oxygens (including phenoxy) is 1. The zero-order valence-corrected chi connectivity index (χ0v) is 10.3. The average Bonchev–Trinajstić information content (AvgIpc) is 2.24. The molecule has 0 fully saturated rings. The van der Waals surface area contributed by atoms with Gasteiger partial charge in [0, 0.05) is 13.0 Å². The number of unbranched alkanes of at least 4 members (excludes halogenated alkanes) is 2. The largest absolute Gasteiger partial charge is 0.498 e. The molecule has 15 heavy (non-hydrogen) atoms. The van der Waals surface area contributed by atoms with Gasteiger partial charge in [-0.3, -0.25) is 0 Å². The molecule has 2 nitrogen and oxygen atoms in total. The first-order chi connectivity index (χ1) is 7.22. The first-order valence-corrected chi connectivity index (χ1v) is 5.80. The molecule has 0 aromatic carbocycles. The molecule has 0 aliphatic heterocycles. The van der Waals surface area contributed by atoms with Gasteiger partial charge in [-0.15, -0.1) is 0 Å². The fourth-order valence-corrected chi connectivity index (χ4v) is 1.10. The van der Waals surface area contributed by atoms with E-state index in [1.54, 1.807) is 0 Å². The SMILES string of the molecule is CCCCC=CC(C)=C(C)OCCCO. The van der Waals surface area contributed by atoms with Crippen molar-refractivity contribution in [2.24, 2.45) is 0 Å². The number of allylic oxidation sites excluding steroid dienone is 4. The molecule has 0 aliphatic rings. The maximum absolute atomic E-state index is 8.61. The molecule has 0 heterocycles. The van der Waals surface area contributed by atoms with Gasteiger partial charge < -0.3 is 9.84 Å². The van der Waals surface area contributed by atoms with E-state index in [-0.39, 0.29) is 6.61 Å². The average molecular weight is 212 g/mol. The lowest BCUT2D eigenvalue weighted by molar-refractivity contribution is 0.176. The van der Waals surface area contributed by atoms with Gasteiger partial charge in [-0.25, -0.2) is 0 Å². The minimum absolute atomic E-state index is 0.193. The van der Waals surface area contributed by atoms with E-state index < -0.39 is 0 Å². The van der Waals surface area contributed by atoms with Gasteiger partial charge in [0.1, 0.15) is 0 Å². The summed E-state index contributed by atoms with van der Waals surface area (Å²) in [6.07, 6.45) is 8.62. The maximum atomic E-state index is 8.61. The molecule has 2 heteroatoms. The van der Waals surface area contributed by atoms with Crippen molar-refractivity contribution in [1.82, 2.24) is 0 Å². The standard InChI is InChI=1S/C13H24O2/c1-4-5-6-7-9-12(2)13(3)15-11-8-10-14/h7,9,14H,4-6,8,10-11H2,1-3H3. The van der Waals surface area contributed by atoms with Crippen molar-refractivity contribution in [3.05, 3.63) is 23.5 Å². The summed E-state index contributed by atoms with van der Waals surface area (Å²) in [6, 6.07) is 0. The molecule has 0 spiro atoms. The zero-order valence-electron chi connectivity index (χ0n) is 10.3. The number of rotatable bonds is 8. The van der Waals surface area contributed by atoms with Gasteiger partial charge in [-0.1, -0.05) is 31.9 Å². The minimum Gasteiger partial charge on any atom is -0.498 e. The van der Waals surface area contributed by atoms with E-state index in [0.29, 0.717) is 13.0 Å². The van der Waals surface area contributed by atoms with Crippen molar-refractivity contribution >= 4 is 0 Å². The highest BCUT2D eigenvalue weighted by atomic mass is 16.5. The van der Waals surface area contributed by atoms with Crippen molar-refractivity contribution in [1.29, 1.82) is 0 Å². The number of hydrogen-bond donors (Lipinski definition) is 1. The Hall–Kier alpha value is -0.760. The maximum Gasteiger partial charge on any atom is 0.0957 e. The Morgan fingerprint density at radius 3 is 2.60 bits per heavy atom. The van der Waals surface area contributed by atoms with Crippen LogP contribution in [-0.2, 0) is 4.74 Å². The van der Waals surface area contributed by atoms with Crippen LogP contribution < -0.4 is 0 Å². The Bertz CT molecular complexity index is 205. The Morgan fingerprint density at radius 1 is 1.27 bits per heavy atom. The minimum atomic E-state index is 0.193. The third-order valence-corrected chi connectivity index (χ3v) is 2.27. The molecule has 0 radical (unpaired) electrons. The van der Waals surface area contributed by atoms with Crippen LogP contribution in [0.4, 0.5) is 0 Å². The zero-order chi connectivity index (χ0) is 11.5. The van der Waals surface area contributed by atoms with Gasteiger partial charge >= 0.3 is 0 Å². The number of aliphatic hydroxyl groups excluding tert-OH is 1. The van der Waals surface area contributed by atoms with Crippen molar-refractivity contribution < 1.29 is 9.84 Å². The van der Waals surface area contributed by atoms with Gasteiger partial charge in [0.15, 0.2) is 0 Å². The lowest BCUT2D eigenvalue weighted by Gasteiger charge is -2.07. The van der Waals surface area contributed by atoms with Gasteiger partial charge in [0.05, 0.1) is 12.4 Å². The molecular formula is C13H24O2. The van der Waals surface area contributed by atoms with Crippen LogP contribution in [0.5, 0.6) is 0 Å². The topological polar surface area (TPSA) is 29.5 Å². The normalized spacial score (nSPS) is 13.1. The van der Waals surface area contributed by atoms with Crippen molar-refractivity contribution in [2.75, 3.05) is 13.2 Å². The van der Waals surface area contributed by atoms with Crippen LogP contribution in [-0.4, -0.2) is 18.3 Å². The molecule has 0 amide bonds. The monoisotopic (exact) mass is 212 g/mol. The van der Waals surface area contributed by atoms with Crippen LogP contribution in [0.15, 0.2) is 23.5 Å². The highest BCUT2D eigenvalue weighted by molar-refractivity contribution is 5.18. The van der Waals surface area contributed by atoms with E-state index in [2.05, 4.69) is 26.0 Å². The Labute approximate surface area is 93.6 Å². The molecule has 0 atom stereocenters. The van der Waals surface area contributed by atoms with Crippen LogP contribution in [0.25, 0.3) is 0 Å². The summed E-state index contributed by atoms with van der Waals surface area (Å²) in [5.74, 6) is 0.955. The van der Waals surface area contributed by atoms with Crippen LogP contribution in [0.3, 0.4) is 0 Å². The second-order valence-corrected chi connectivity index (χ2v) is 3.71. The summed E-state index contributed by atoms with van der Waals surface area (Å²) in [6.45, 7) is 7.01. The summed E-state index contributed by atoms with van der Waals surface area (Å²) >= 11 is 0. The highest BCUT2D eigenvalue weighted by Gasteiger charge is 1.94. The van der Waals surface area contributed by atoms with Crippen molar-refractivity contribution in [3.63, 3.8) is 0 Å². The summed E-state index contributed by atoms with van der Waals surface area (Å²) in [4.78, 5) is 0. The quantitative estimate of drug-likeness (QED) is 0.379. The third-order valence-electron chi connectivity index (χ3n) is 2.27. The summed E-state index contributed by atoms with van der Waals surface area (Å²) in [5, 5.41) is 8.61. The van der Waals surface area contributed by atoms with Gasteiger partial charge in [0.25, 0.3) is 0 Å². The van der Waals surface area contributed by atoms with E-state index >= 15 is 0 Å². The second kappa shape index (κ2) is 9.78. The molecule has 0 unspecified atom stereocenters. The molecule has 0 rings (SSSR count). The Morgan fingerprint density at radius 2 is 2.00 bits per heavy atom. The van der Waals surface area contributed by atoms with Crippen molar-refractivity contribution in [3.8, 4) is 0 Å². The molecule has 0 saturated carbocycles. The fourth-order valence-electron chi connectivity index (χ4n) is 1.10. The summed E-state index contributed by atoms with van der Waals surface area (Å²) in [7, 11) is 0. The van der Waals surface area contributed by atoms with E-state index in [4.69, 9.17) is 9.84 Å². The van der Waals surface area contributed by atoms with E-state index in [9.17, 15) is 0 Å². The first-order valence-electron chi connectivity index (χ1n) is 5.80. The summed E-state index contributed by atoms with van der Waals surface area (Å²) in [5.41, 5.74) is 1.17. The van der Waals surface area contributed by atoms with Crippen LogP contribution in [0.2, 0.25) is 0 Å². The van der Waals surface area contributed by atoms with E-state index in [0.717, 1.165) is 12.2 Å². The molecule has 0 aromatic heterocycles. The number of hydrogen-bond acceptors (Lipinski definition) is 2. The second-order valence-electron chi connectivity index (χ2n) is 3.71. The van der Waals surface area contributed by atoms with Crippen LogP contribution >= 0.6 is 0 Å². The van der Waals surface area contributed by atoms with Gasteiger partial charge in [0.2, 0.25) is 0 Å². The predicted octanol–water partition coefficient (Wildman–Crippen LogP) is 3.43. The summed E-state index contributed by atoms with van der Waals surface area (Å²) < 4.78 is 5.47. The van der Waals surface area contributed by atoms with E-state index in [1.807, 2.05) is 6.92 Å². The fraction of sp³-hybridized carbons (Fsp3) is 0.692. The predicted molar refractivity (Wildman–Crippen MR) is 64.7 cm³/mol. The van der Waals surface area contributed by atoms with Crippen LogP contribution in [0.1, 0.15) is 46.5 Å². The van der Waals surface area contributed by atoms with Gasteiger partial charge in [-0.2, -0.15) is 0 Å². The number of aliphatic hydroxyl groups is 1. The molecule has 0 saturated heterocycles. The molecule has 88 valence electrons. The lowest BCUT2D eigenvalue weighted by atomic mass is 10.2. The molecule has 1 N–H and O–H groups in total. The first kappa shape index (κ1) is 14.2. The highest BCUT2D eigenvalue weighted by Crippen LogP contribution is 2.08. The third kappa shape index (κ3) is 8.25. The van der Waals surface area contributed by atoms with Gasteiger partial charge in [-0.05, 0) is 25.8 Å². The molecule has 0 aliphatic carbocycles. The lowest BCUT2D eigenvalue weighted by Crippen LogP contribution is -1.96. The van der Waals surface area contributed by atoms with Crippen LogP contribution in [0, 0.1) is 0 Å².